The van der Waals surface area contributed by atoms with Crippen molar-refractivity contribution in [2.45, 2.75) is 56.3 Å². The molecule has 0 aliphatic carbocycles. The summed E-state index contributed by atoms with van der Waals surface area (Å²) >= 11 is 4.71. The summed E-state index contributed by atoms with van der Waals surface area (Å²) in [6.07, 6.45) is 3.40. The fourth-order valence-corrected chi connectivity index (χ4v) is 6.60. The van der Waals surface area contributed by atoms with Gasteiger partial charge in [-0.15, -0.1) is 11.3 Å². The van der Waals surface area contributed by atoms with Crippen LogP contribution in [0.2, 0.25) is 0 Å². The number of aryl methyl sites for hydroxylation is 1. The van der Waals surface area contributed by atoms with Crippen molar-refractivity contribution < 1.29 is 8.42 Å². The predicted molar refractivity (Wildman–Crippen MR) is 91.4 cm³/mol. The second kappa shape index (κ2) is 7.08. The average molecular weight is 395 g/mol. The number of sulfonamides is 1. The number of piperidine rings is 1. The van der Waals surface area contributed by atoms with Crippen LogP contribution < -0.4 is 5.32 Å². The molecule has 120 valence electrons. The van der Waals surface area contributed by atoms with E-state index in [0.717, 1.165) is 22.3 Å². The van der Waals surface area contributed by atoms with E-state index in [9.17, 15) is 8.42 Å². The van der Waals surface area contributed by atoms with E-state index in [1.54, 1.807) is 10.4 Å². The molecule has 0 aromatic carbocycles. The SMILES string of the molecule is Cc1cc(S(=O)(=O)N(CC2CCCCN2)C(C)C)sc1Br. The summed E-state index contributed by atoms with van der Waals surface area (Å²) in [5, 5.41) is 3.43. The zero-order valence-corrected chi connectivity index (χ0v) is 15.9. The van der Waals surface area contributed by atoms with Gasteiger partial charge in [0.05, 0.1) is 3.79 Å². The van der Waals surface area contributed by atoms with Crippen LogP contribution in [0.5, 0.6) is 0 Å². The predicted octanol–water partition coefficient (Wildman–Crippen LogP) is 3.36. The Morgan fingerprint density at radius 3 is 2.67 bits per heavy atom. The monoisotopic (exact) mass is 394 g/mol. The van der Waals surface area contributed by atoms with Crippen LogP contribution in [0.3, 0.4) is 0 Å². The highest BCUT2D eigenvalue weighted by atomic mass is 79.9. The number of nitrogens with zero attached hydrogens (tertiary/aromatic N) is 1. The molecule has 0 saturated carbocycles. The summed E-state index contributed by atoms with van der Waals surface area (Å²) in [5.41, 5.74) is 0.970. The summed E-state index contributed by atoms with van der Waals surface area (Å²) in [6, 6.07) is 1.98. The molecule has 0 spiro atoms. The van der Waals surface area contributed by atoms with Crippen LogP contribution in [-0.4, -0.2) is 37.9 Å². The van der Waals surface area contributed by atoms with Gasteiger partial charge in [0.25, 0.3) is 10.0 Å². The Morgan fingerprint density at radius 1 is 1.48 bits per heavy atom. The number of thiophene rings is 1. The van der Waals surface area contributed by atoms with Crippen LogP contribution in [0.15, 0.2) is 14.1 Å². The van der Waals surface area contributed by atoms with E-state index >= 15 is 0 Å². The Labute approximate surface area is 140 Å². The Morgan fingerprint density at radius 2 is 2.19 bits per heavy atom. The smallest absolute Gasteiger partial charge is 0.252 e. The average Bonchev–Trinajstić information content (AvgIpc) is 2.77. The lowest BCUT2D eigenvalue weighted by Crippen LogP contribution is -2.48. The van der Waals surface area contributed by atoms with Crippen molar-refractivity contribution in [3.05, 3.63) is 15.4 Å². The first kappa shape index (κ1) is 17.4. The van der Waals surface area contributed by atoms with Gasteiger partial charge in [0.15, 0.2) is 0 Å². The third-order valence-electron chi connectivity index (χ3n) is 3.79. The van der Waals surface area contributed by atoms with Gasteiger partial charge in [0.1, 0.15) is 4.21 Å². The lowest BCUT2D eigenvalue weighted by Gasteiger charge is -2.32. The number of nitrogens with one attached hydrogen (secondary N) is 1. The molecule has 0 bridgehead atoms. The Kier molecular flexibility index (Phi) is 5.87. The highest BCUT2D eigenvalue weighted by molar-refractivity contribution is 9.11. The molecule has 1 aromatic rings. The van der Waals surface area contributed by atoms with E-state index in [0.29, 0.717) is 10.8 Å². The van der Waals surface area contributed by atoms with E-state index in [1.807, 2.05) is 20.8 Å². The number of rotatable bonds is 5. The van der Waals surface area contributed by atoms with Crippen molar-refractivity contribution in [1.29, 1.82) is 0 Å². The second-order valence-corrected chi connectivity index (χ2v) is 10.3. The van der Waals surface area contributed by atoms with Crippen LogP contribution in [0.4, 0.5) is 0 Å². The summed E-state index contributed by atoms with van der Waals surface area (Å²) in [4.78, 5) is 0. The molecular weight excluding hydrogens is 372 g/mol. The Bertz CT molecular complexity index is 558. The van der Waals surface area contributed by atoms with E-state index in [-0.39, 0.29) is 12.1 Å². The van der Waals surface area contributed by atoms with Crippen molar-refractivity contribution in [3.8, 4) is 0 Å². The molecule has 1 aliphatic heterocycles. The largest absolute Gasteiger partial charge is 0.313 e. The van der Waals surface area contributed by atoms with E-state index < -0.39 is 10.0 Å². The minimum atomic E-state index is -3.42. The van der Waals surface area contributed by atoms with Gasteiger partial charge in [0, 0.05) is 18.6 Å². The fourth-order valence-electron chi connectivity index (χ4n) is 2.56. The Balaban J connectivity index is 2.23. The molecule has 1 saturated heterocycles. The highest BCUT2D eigenvalue weighted by Crippen LogP contribution is 2.33. The first-order chi connectivity index (χ1) is 9.82. The van der Waals surface area contributed by atoms with Crippen molar-refractivity contribution in [2.24, 2.45) is 0 Å². The molecular formula is C14H23BrN2O2S2. The molecule has 2 heterocycles. The van der Waals surface area contributed by atoms with Gasteiger partial charge in [0.2, 0.25) is 0 Å². The van der Waals surface area contributed by atoms with Crippen LogP contribution in [0, 0.1) is 6.92 Å². The first-order valence-electron chi connectivity index (χ1n) is 7.33. The molecule has 1 aromatic heterocycles. The number of hydrogen-bond acceptors (Lipinski definition) is 4. The third-order valence-corrected chi connectivity index (χ3v) is 8.41. The second-order valence-electron chi connectivity index (χ2n) is 5.84. The summed E-state index contributed by atoms with van der Waals surface area (Å²) in [6.45, 7) is 7.34. The summed E-state index contributed by atoms with van der Waals surface area (Å²) in [5.74, 6) is 0. The summed E-state index contributed by atoms with van der Waals surface area (Å²) < 4.78 is 28.8. The molecule has 0 radical (unpaired) electrons. The highest BCUT2D eigenvalue weighted by Gasteiger charge is 2.31. The zero-order valence-electron chi connectivity index (χ0n) is 12.7. The van der Waals surface area contributed by atoms with Gasteiger partial charge in [-0.3, -0.25) is 0 Å². The van der Waals surface area contributed by atoms with Crippen molar-refractivity contribution in [3.63, 3.8) is 0 Å². The van der Waals surface area contributed by atoms with Crippen LogP contribution in [0.25, 0.3) is 0 Å². The van der Waals surface area contributed by atoms with Gasteiger partial charge in [-0.2, -0.15) is 4.31 Å². The van der Waals surface area contributed by atoms with Gasteiger partial charge >= 0.3 is 0 Å². The lowest BCUT2D eigenvalue weighted by molar-refractivity contribution is 0.283. The van der Waals surface area contributed by atoms with E-state index in [4.69, 9.17) is 0 Å². The quantitative estimate of drug-likeness (QED) is 0.832. The number of halogens is 1. The molecule has 2 rings (SSSR count). The van der Waals surface area contributed by atoms with Gasteiger partial charge in [-0.25, -0.2) is 8.42 Å². The molecule has 1 atom stereocenters. The lowest BCUT2D eigenvalue weighted by atomic mass is 10.1. The molecule has 7 heteroatoms. The minimum absolute atomic E-state index is 0.0418. The molecule has 1 unspecified atom stereocenters. The molecule has 1 N–H and O–H groups in total. The molecule has 1 aliphatic rings. The molecule has 4 nitrogen and oxygen atoms in total. The van der Waals surface area contributed by atoms with Gasteiger partial charge in [-0.05, 0) is 67.7 Å². The molecule has 21 heavy (non-hydrogen) atoms. The molecule has 0 amide bonds. The first-order valence-corrected chi connectivity index (χ1v) is 10.4. The van der Waals surface area contributed by atoms with E-state index in [2.05, 4.69) is 21.2 Å². The maximum absolute atomic E-state index is 12.9. The van der Waals surface area contributed by atoms with Gasteiger partial charge < -0.3 is 5.32 Å². The van der Waals surface area contributed by atoms with Crippen LogP contribution in [-0.2, 0) is 10.0 Å². The van der Waals surface area contributed by atoms with Crippen LogP contribution >= 0.6 is 27.3 Å². The standard InChI is InChI=1S/C14H23BrN2O2S2/c1-10(2)17(9-12-6-4-5-7-16-12)21(18,19)13-8-11(3)14(15)20-13/h8,10,12,16H,4-7,9H2,1-3H3. The topological polar surface area (TPSA) is 49.4 Å². The maximum atomic E-state index is 12.9. The minimum Gasteiger partial charge on any atom is -0.313 e. The maximum Gasteiger partial charge on any atom is 0.252 e. The van der Waals surface area contributed by atoms with Crippen molar-refractivity contribution in [2.75, 3.05) is 13.1 Å². The number of hydrogen-bond donors (Lipinski definition) is 1. The summed E-state index contributed by atoms with van der Waals surface area (Å²) in [7, 11) is -3.42. The van der Waals surface area contributed by atoms with E-state index in [1.165, 1.54) is 24.2 Å². The zero-order chi connectivity index (χ0) is 15.6. The van der Waals surface area contributed by atoms with Gasteiger partial charge in [-0.1, -0.05) is 6.42 Å². The third kappa shape index (κ3) is 4.07. The molecule has 1 fully saturated rings. The van der Waals surface area contributed by atoms with Crippen LogP contribution in [0.1, 0.15) is 38.7 Å². The normalized spacial score (nSPS) is 20.4. The fraction of sp³-hybridized carbons (Fsp3) is 0.714. The Hall–Kier alpha value is 0.0500. The van der Waals surface area contributed by atoms with Crippen molar-refractivity contribution >= 4 is 37.3 Å². The van der Waals surface area contributed by atoms with Crippen molar-refractivity contribution in [1.82, 2.24) is 9.62 Å².